The number of hydrogen-bond donors (Lipinski definition) is 0. The van der Waals surface area contributed by atoms with Crippen molar-refractivity contribution >= 4 is 38.6 Å². The lowest BCUT2D eigenvalue weighted by Gasteiger charge is -2.13. The van der Waals surface area contributed by atoms with Gasteiger partial charge in [-0.1, -0.05) is 0 Å². The van der Waals surface area contributed by atoms with Crippen LogP contribution in [0.4, 0.5) is 17.6 Å². The lowest BCUT2D eigenvalue weighted by Crippen LogP contribution is -2.19. The number of benzene rings is 1. The molecule has 104 valence electrons. The summed E-state index contributed by atoms with van der Waals surface area (Å²) >= 11 is 8.78. The molecule has 2 rings (SSSR count). The maximum atomic E-state index is 13.4. The van der Waals surface area contributed by atoms with E-state index in [1.165, 1.54) is 13.0 Å². The summed E-state index contributed by atoms with van der Waals surface area (Å²) in [6, 6.07) is 2.35. The van der Waals surface area contributed by atoms with E-state index < -0.39 is 23.9 Å². The Morgan fingerprint density at radius 2 is 2.05 bits per heavy atom. The number of hydrogen-bond acceptors (Lipinski definition) is 1. The minimum atomic E-state index is -4.41. The number of halogens is 6. The van der Waals surface area contributed by atoms with Crippen molar-refractivity contribution in [1.29, 1.82) is 0 Å². The second-order valence-corrected chi connectivity index (χ2v) is 5.55. The van der Waals surface area contributed by atoms with Crippen LogP contribution in [0.1, 0.15) is 18.1 Å². The Hall–Kier alpha value is -0.820. The minimum Gasteiger partial charge on any atom is -0.318 e. The van der Waals surface area contributed by atoms with Crippen molar-refractivity contribution in [2.24, 2.45) is 0 Å². The summed E-state index contributed by atoms with van der Waals surface area (Å²) in [5.41, 5.74) is 0.334. The summed E-state index contributed by atoms with van der Waals surface area (Å²) in [4.78, 5) is 3.97. The van der Waals surface area contributed by atoms with Crippen molar-refractivity contribution in [3.8, 4) is 0 Å². The third kappa shape index (κ3) is 3.02. The average Bonchev–Trinajstić information content (AvgIpc) is 2.56. The highest BCUT2D eigenvalue weighted by atomic mass is 79.9. The second kappa shape index (κ2) is 4.94. The molecule has 1 aromatic heterocycles. The van der Waals surface area contributed by atoms with Gasteiger partial charge in [-0.25, -0.2) is 9.37 Å². The maximum Gasteiger partial charge on any atom is 0.406 e. The third-order valence-electron chi connectivity index (χ3n) is 2.51. The molecule has 1 heterocycles. The Morgan fingerprint density at radius 1 is 1.42 bits per heavy atom. The van der Waals surface area contributed by atoms with Crippen LogP contribution >= 0.6 is 27.5 Å². The molecule has 1 atom stereocenters. The second-order valence-electron chi connectivity index (χ2n) is 4.04. The topological polar surface area (TPSA) is 17.8 Å². The fraction of sp³-hybridized carbons (Fsp3) is 0.364. The van der Waals surface area contributed by atoms with E-state index in [4.69, 9.17) is 11.6 Å². The maximum absolute atomic E-state index is 13.4. The fourth-order valence-electron chi connectivity index (χ4n) is 1.79. The van der Waals surface area contributed by atoms with Crippen LogP contribution in [0.5, 0.6) is 0 Å². The van der Waals surface area contributed by atoms with Gasteiger partial charge in [-0.05, 0) is 28.9 Å². The third-order valence-corrected chi connectivity index (χ3v) is 3.32. The van der Waals surface area contributed by atoms with Crippen LogP contribution in [-0.4, -0.2) is 15.7 Å². The summed E-state index contributed by atoms with van der Waals surface area (Å²) in [7, 11) is 0. The zero-order valence-electron chi connectivity index (χ0n) is 9.60. The van der Waals surface area contributed by atoms with Gasteiger partial charge in [-0.2, -0.15) is 13.2 Å². The Bertz CT molecular complexity index is 621. The molecule has 0 N–H and O–H groups in total. The zero-order valence-corrected chi connectivity index (χ0v) is 11.9. The van der Waals surface area contributed by atoms with E-state index in [-0.39, 0.29) is 21.3 Å². The zero-order chi connectivity index (χ0) is 14.4. The van der Waals surface area contributed by atoms with Gasteiger partial charge < -0.3 is 4.57 Å². The van der Waals surface area contributed by atoms with Crippen LogP contribution < -0.4 is 0 Å². The normalized spacial score (nSPS) is 14.1. The van der Waals surface area contributed by atoms with Gasteiger partial charge in [0.25, 0.3) is 0 Å². The molecule has 0 aliphatic carbocycles. The molecule has 19 heavy (non-hydrogen) atoms. The highest BCUT2D eigenvalue weighted by molar-refractivity contribution is 9.10. The molecular formula is C11H8BrClF4N2. The van der Waals surface area contributed by atoms with Crippen molar-refractivity contribution in [3.63, 3.8) is 0 Å². The Morgan fingerprint density at radius 3 is 2.58 bits per heavy atom. The van der Waals surface area contributed by atoms with Crippen LogP contribution in [-0.2, 0) is 6.54 Å². The van der Waals surface area contributed by atoms with Crippen LogP contribution in [0.15, 0.2) is 16.6 Å². The van der Waals surface area contributed by atoms with Gasteiger partial charge in [0.15, 0.2) is 0 Å². The largest absolute Gasteiger partial charge is 0.406 e. The van der Waals surface area contributed by atoms with Crippen LogP contribution in [0.25, 0.3) is 11.0 Å². The van der Waals surface area contributed by atoms with Gasteiger partial charge in [0.2, 0.25) is 0 Å². The summed E-state index contributed by atoms with van der Waals surface area (Å²) in [6.45, 7) is 0.301. The molecule has 0 saturated heterocycles. The standard InChI is InChI=1S/C11H8BrClF4N2/c1-5(13)10-18-8-3-7(14)6(12)2-9(8)19(10)4-11(15,16)17/h2-3,5H,4H2,1H3. The molecule has 1 aromatic carbocycles. The highest BCUT2D eigenvalue weighted by Gasteiger charge is 2.31. The predicted molar refractivity (Wildman–Crippen MR) is 67.7 cm³/mol. The Balaban J connectivity index is 2.69. The summed E-state index contributed by atoms with van der Waals surface area (Å²) in [5, 5.41) is -0.711. The Labute approximate surface area is 119 Å². The van der Waals surface area contributed by atoms with Crippen molar-refractivity contribution < 1.29 is 17.6 Å². The molecule has 8 heteroatoms. The minimum absolute atomic E-state index is 0.0616. The summed E-state index contributed by atoms with van der Waals surface area (Å²) < 4.78 is 52.2. The highest BCUT2D eigenvalue weighted by Crippen LogP contribution is 2.31. The molecule has 0 bridgehead atoms. The van der Waals surface area contributed by atoms with Crippen molar-refractivity contribution in [1.82, 2.24) is 9.55 Å². The van der Waals surface area contributed by atoms with E-state index in [0.717, 1.165) is 10.6 Å². The van der Waals surface area contributed by atoms with Crippen molar-refractivity contribution in [3.05, 3.63) is 28.2 Å². The SMILES string of the molecule is CC(Cl)c1nc2cc(F)c(Br)cc2n1CC(F)(F)F. The molecule has 0 aliphatic heterocycles. The van der Waals surface area contributed by atoms with Crippen LogP contribution in [0, 0.1) is 5.82 Å². The van der Waals surface area contributed by atoms with E-state index >= 15 is 0 Å². The number of aromatic nitrogens is 2. The molecule has 2 nitrogen and oxygen atoms in total. The van der Waals surface area contributed by atoms with Gasteiger partial charge in [0.1, 0.15) is 18.2 Å². The van der Waals surface area contributed by atoms with Crippen molar-refractivity contribution in [2.75, 3.05) is 0 Å². The quantitative estimate of drug-likeness (QED) is 0.556. The van der Waals surface area contributed by atoms with Gasteiger partial charge in [0, 0.05) is 6.07 Å². The van der Waals surface area contributed by atoms with E-state index in [9.17, 15) is 17.6 Å². The lowest BCUT2D eigenvalue weighted by molar-refractivity contribution is -0.140. The number of rotatable bonds is 2. The molecule has 1 unspecified atom stereocenters. The van der Waals surface area contributed by atoms with E-state index in [1.54, 1.807) is 0 Å². The number of alkyl halides is 4. The van der Waals surface area contributed by atoms with E-state index in [0.29, 0.717) is 0 Å². The first-order valence-electron chi connectivity index (χ1n) is 5.25. The van der Waals surface area contributed by atoms with E-state index in [1.807, 2.05) is 0 Å². The Kier molecular flexibility index (Phi) is 3.79. The first-order valence-corrected chi connectivity index (χ1v) is 6.48. The summed E-state index contributed by atoms with van der Waals surface area (Å²) in [5.74, 6) is -0.524. The van der Waals surface area contributed by atoms with Gasteiger partial charge in [-0.15, -0.1) is 11.6 Å². The monoisotopic (exact) mass is 358 g/mol. The molecule has 2 aromatic rings. The molecule has 0 fully saturated rings. The summed E-state index contributed by atoms with van der Waals surface area (Å²) in [6.07, 6.45) is -4.41. The fourth-order valence-corrected chi connectivity index (χ4v) is 2.29. The van der Waals surface area contributed by atoms with Gasteiger partial charge >= 0.3 is 6.18 Å². The molecule has 0 aliphatic rings. The predicted octanol–water partition coefficient (Wildman–Crippen LogP) is 4.80. The van der Waals surface area contributed by atoms with Gasteiger partial charge in [-0.3, -0.25) is 0 Å². The smallest absolute Gasteiger partial charge is 0.318 e. The van der Waals surface area contributed by atoms with E-state index in [2.05, 4.69) is 20.9 Å². The first-order chi connectivity index (χ1) is 8.69. The molecule has 0 saturated carbocycles. The van der Waals surface area contributed by atoms with Gasteiger partial charge in [0.05, 0.1) is 20.9 Å². The number of fused-ring (bicyclic) bond motifs is 1. The molecule has 0 amide bonds. The number of imidazole rings is 1. The molecule has 0 spiro atoms. The molecular weight excluding hydrogens is 351 g/mol. The molecule has 0 radical (unpaired) electrons. The van der Waals surface area contributed by atoms with Crippen LogP contribution in [0.2, 0.25) is 0 Å². The first kappa shape index (κ1) is 14.6. The van der Waals surface area contributed by atoms with Crippen LogP contribution in [0.3, 0.4) is 0 Å². The van der Waals surface area contributed by atoms with Crippen molar-refractivity contribution in [2.45, 2.75) is 25.0 Å². The number of nitrogens with zero attached hydrogens (tertiary/aromatic N) is 2. The lowest BCUT2D eigenvalue weighted by atomic mass is 10.3. The average molecular weight is 360 g/mol.